The van der Waals surface area contributed by atoms with Crippen LogP contribution in [-0.2, 0) is 21.4 Å². The van der Waals surface area contributed by atoms with Crippen LogP contribution >= 0.6 is 0 Å². The van der Waals surface area contributed by atoms with Crippen LogP contribution < -0.4 is 14.8 Å². The van der Waals surface area contributed by atoms with Crippen LogP contribution in [0.2, 0.25) is 0 Å². The highest BCUT2D eigenvalue weighted by Crippen LogP contribution is 2.32. The van der Waals surface area contributed by atoms with Gasteiger partial charge >= 0.3 is 0 Å². The molecule has 2 aliphatic rings. The van der Waals surface area contributed by atoms with Crippen LogP contribution in [0.4, 0.5) is 0 Å². The van der Waals surface area contributed by atoms with Gasteiger partial charge in [0.1, 0.15) is 0 Å². The van der Waals surface area contributed by atoms with Gasteiger partial charge in [0.05, 0.1) is 6.26 Å². The van der Waals surface area contributed by atoms with Crippen molar-refractivity contribution < 1.29 is 27.1 Å². The van der Waals surface area contributed by atoms with Crippen LogP contribution in [0.15, 0.2) is 46.1 Å². The summed E-state index contributed by atoms with van der Waals surface area (Å²) in [6.45, 7) is 1.20. The van der Waals surface area contributed by atoms with Crippen molar-refractivity contribution in [1.82, 2.24) is 9.62 Å². The molecule has 3 heterocycles. The van der Waals surface area contributed by atoms with Gasteiger partial charge in [-0.15, -0.1) is 0 Å². The van der Waals surface area contributed by atoms with E-state index in [-0.39, 0.29) is 23.7 Å². The number of furan rings is 1. The molecule has 2 aliphatic heterocycles. The first-order chi connectivity index (χ1) is 13.0. The van der Waals surface area contributed by atoms with Crippen molar-refractivity contribution in [2.45, 2.75) is 24.5 Å². The first-order valence-electron chi connectivity index (χ1n) is 8.74. The van der Waals surface area contributed by atoms with Gasteiger partial charge in [0.25, 0.3) is 10.0 Å². The Bertz CT molecular complexity index is 917. The molecule has 0 atom stereocenters. The van der Waals surface area contributed by atoms with Crippen molar-refractivity contribution in [3.05, 3.63) is 42.2 Å². The Morgan fingerprint density at radius 2 is 1.93 bits per heavy atom. The van der Waals surface area contributed by atoms with Crippen LogP contribution in [-0.4, -0.2) is 38.5 Å². The third kappa shape index (κ3) is 3.65. The Morgan fingerprint density at radius 1 is 1.15 bits per heavy atom. The predicted molar refractivity (Wildman–Crippen MR) is 94.6 cm³/mol. The summed E-state index contributed by atoms with van der Waals surface area (Å²) in [6.07, 6.45) is 2.29. The van der Waals surface area contributed by atoms with E-state index < -0.39 is 10.0 Å². The van der Waals surface area contributed by atoms with E-state index in [0.717, 1.165) is 5.56 Å². The van der Waals surface area contributed by atoms with Crippen LogP contribution in [0.5, 0.6) is 11.5 Å². The summed E-state index contributed by atoms with van der Waals surface area (Å²) < 4.78 is 41.9. The number of carbonyl (C=O) groups excluding carboxylic acids is 1. The number of ether oxygens (including phenoxy) is 2. The molecule has 4 rings (SSSR count). The largest absolute Gasteiger partial charge is 0.454 e. The summed E-state index contributed by atoms with van der Waals surface area (Å²) >= 11 is 0. The molecule has 144 valence electrons. The highest BCUT2D eigenvalue weighted by Gasteiger charge is 2.33. The number of nitrogens with one attached hydrogen (secondary N) is 1. The molecular weight excluding hydrogens is 372 g/mol. The van der Waals surface area contributed by atoms with Crippen molar-refractivity contribution in [3.63, 3.8) is 0 Å². The maximum Gasteiger partial charge on any atom is 0.276 e. The average Bonchev–Trinajstić information content (AvgIpc) is 3.37. The fraction of sp³-hybridized carbons (Fsp3) is 0.389. The number of rotatable bonds is 5. The molecule has 1 fully saturated rings. The standard InChI is InChI=1S/C18H20N2O6S/c21-18(19-11-13-3-4-15-16(10-13)26-12-25-15)14-5-7-20(8-6-14)27(22,23)17-2-1-9-24-17/h1-4,9-10,14H,5-8,11-12H2,(H,19,21). The van der Waals surface area contributed by atoms with Gasteiger partial charge in [0.2, 0.25) is 17.8 Å². The lowest BCUT2D eigenvalue weighted by Gasteiger charge is -2.29. The summed E-state index contributed by atoms with van der Waals surface area (Å²) in [5, 5.41) is 2.86. The lowest BCUT2D eigenvalue weighted by atomic mass is 9.97. The number of carbonyl (C=O) groups is 1. The Kier molecular flexibility index (Phi) is 4.79. The van der Waals surface area contributed by atoms with Gasteiger partial charge in [-0.05, 0) is 42.7 Å². The lowest BCUT2D eigenvalue weighted by molar-refractivity contribution is -0.126. The summed E-state index contributed by atoms with van der Waals surface area (Å²) in [5.41, 5.74) is 0.922. The molecule has 1 saturated heterocycles. The van der Waals surface area contributed by atoms with Crippen molar-refractivity contribution in [3.8, 4) is 11.5 Å². The molecule has 1 aromatic heterocycles. The van der Waals surface area contributed by atoms with Gasteiger partial charge in [-0.2, -0.15) is 4.31 Å². The second-order valence-corrected chi connectivity index (χ2v) is 8.38. The summed E-state index contributed by atoms with van der Waals surface area (Å²) in [7, 11) is -3.62. The van der Waals surface area contributed by atoms with E-state index >= 15 is 0 Å². The van der Waals surface area contributed by atoms with Crippen LogP contribution in [0.25, 0.3) is 0 Å². The molecule has 0 bridgehead atoms. The Hall–Kier alpha value is -2.52. The third-order valence-electron chi connectivity index (χ3n) is 4.82. The molecule has 0 radical (unpaired) electrons. The Balaban J connectivity index is 1.30. The minimum absolute atomic E-state index is 0.0618. The third-order valence-corrected chi connectivity index (χ3v) is 6.60. The molecule has 1 aromatic carbocycles. The SMILES string of the molecule is O=C(NCc1ccc2c(c1)OCO2)C1CCN(S(=O)(=O)c2ccco2)CC1. The summed E-state index contributed by atoms with van der Waals surface area (Å²) in [6, 6.07) is 8.53. The normalized spacial score (nSPS) is 17.8. The highest BCUT2D eigenvalue weighted by atomic mass is 32.2. The van der Waals surface area contributed by atoms with E-state index in [1.165, 1.54) is 16.6 Å². The Morgan fingerprint density at radius 3 is 2.67 bits per heavy atom. The molecule has 2 aromatic rings. The topological polar surface area (TPSA) is 98.1 Å². The number of hydrogen-bond acceptors (Lipinski definition) is 6. The van der Waals surface area contributed by atoms with Crippen LogP contribution in [0.1, 0.15) is 18.4 Å². The minimum atomic E-state index is -3.62. The zero-order valence-electron chi connectivity index (χ0n) is 14.6. The predicted octanol–water partition coefficient (Wildman–Crippen LogP) is 1.73. The summed E-state index contributed by atoms with van der Waals surface area (Å²) in [5.74, 6) is 1.11. The van der Waals surface area contributed by atoms with Gasteiger partial charge in [0, 0.05) is 25.6 Å². The number of benzene rings is 1. The van der Waals surface area contributed by atoms with Crippen molar-refractivity contribution in [2.75, 3.05) is 19.9 Å². The maximum absolute atomic E-state index is 12.4. The van der Waals surface area contributed by atoms with Gasteiger partial charge in [-0.25, -0.2) is 8.42 Å². The average molecular weight is 392 g/mol. The molecule has 27 heavy (non-hydrogen) atoms. The zero-order chi connectivity index (χ0) is 18.9. The quantitative estimate of drug-likeness (QED) is 0.832. The number of sulfonamides is 1. The Labute approximate surface area is 157 Å². The molecule has 0 unspecified atom stereocenters. The molecule has 0 spiro atoms. The summed E-state index contributed by atoms with van der Waals surface area (Å²) in [4.78, 5) is 12.4. The number of hydrogen-bond donors (Lipinski definition) is 1. The first kappa shape index (κ1) is 17.9. The van der Waals surface area contributed by atoms with Crippen molar-refractivity contribution in [1.29, 1.82) is 0 Å². The molecule has 0 saturated carbocycles. The number of piperidine rings is 1. The van der Waals surface area contributed by atoms with Crippen molar-refractivity contribution in [2.24, 2.45) is 5.92 Å². The van der Waals surface area contributed by atoms with Crippen LogP contribution in [0, 0.1) is 5.92 Å². The number of nitrogens with zero attached hydrogens (tertiary/aromatic N) is 1. The van der Waals surface area contributed by atoms with E-state index in [1.54, 1.807) is 6.07 Å². The van der Waals surface area contributed by atoms with Gasteiger partial charge in [-0.1, -0.05) is 6.07 Å². The molecule has 0 aliphatic carbocycles. The molecular formula is C18H20N2O6S. The number of fused-ring (bicyclic) bond motifs is 1. The van der Waals surface area contributed by atoms with E-state index in [9.17, 15) is 13.2 Å². The fourth-order valence-electron chi connectivity index (χ4n) is 3.28. The number of amides is 1. The van der Waals surface area contributed by atoms with E-state index in [4.69, 9.17) is 13.9 Å². The minimum Gasteiger partial charge on any atom is -0.454 e. The van der Waals surface area contributed by atoms with Crippen molar-refractivity contribution >= 4 is 15.9 Å². The van der Waals surface area contributed by atoms with E-state index in [2.05, 4.69) is 5.32 Å². The smallest absolute Gasteiger partial charge is 0.276 e. The van der Waals surface area contributed by atoms with Gasteiger partial charge < -0.3 is 19.2 Å². The van der Waals surface area contributed by atoms with E-state index in [0.29, 0.717) is 44.0 Å². The second-order valence-electron chi connectivity index (χ2n) is 6.52. The maximum atomic E-state index is 12.4. The molecule has 1 N–H and O–H groups in total. The highest BCUT2D eigenvalue weighted by molar-refractivity contribution is 7.89. The van der Waals surface area contributed by atoms with E-state index in [1.807, 2.05) is 18.2 Å². The molecule has 1 amide bonds. The monoisotopic (exact) mass is 392 g/mol. The van der Waals surface area contributed by atoms with Gasteiger partial charge in [-0.3, -0.25) is 4.79 Å². The lowest BCUT2D eigenvalue weighted by Crippen LogP contribution is -2.42. The zero-order valence-corrected chi connectivity index (χ0v) is 15.4. The molecule has 8 nitrogen and oxygen atoms in total. The second kappa shape index (κ2) is 7.24. The first-order valence-corrected chi connectivity index (χ1v) is 10.2. The van der Waals surface area contributed by atoms with Crippen LogP contribution in [0.3, 0.4) is 0 Å². The molecule has 9 heteroatoms. The fourth-order valence-corrected chi connectivity index (χ4v) is 4.65. The van der Waals surface area contributed by atoms with Gasteiger partial charge in [0.15, 0.2) is 11.5 Å².